The largest absolute Gasteiger partial charge is 0.480 e. The summed E-state index contributed by atoms with van der Waals surface area (Å²) in [6.07, 6.45) is 1.16. The van der Waals surface area contributed by atoms with Gasteiger partial charge >= 0.3 is 5.97 Å². The Bertz CT molecular complexity index is 2990. The van der Waals surface area contributed by atoms with Gasteiger partial charge in [0.1, 0.15) is 42.3 Å². The average Bonchev–Trinajstić information content (AvgIpc) is 1.14. The Hall–Kier alpha value is -8.73. The van der Waals surface area contributed by atoms with Gasteiger partial charge in [0.2, 0.25) is 53.2 Å². The summed E-state index contributed by atoms with van der Waals surface area (Å²) in [5.74, 6) is -9.02. The maximum absolute atomic E-state index is 15.1. The molecule has 1 saturated carbocycles. The van der Waals surface area contributed by atoms with E-state index in [4.69, 9.17) is 40.1 Å². The van der Waals surface area contributed by atoms with Gasteiger partial charge in [-0.1, -0.05) is 49.6 Å². The molecule has 92 heavy (non-hydrogen) atoms. The third-order valence-electron chi connectivity index (χ3n) is 16.4. The molecule has 506 valence electrons. The van der Waals surface area contributed by atoms with Gasteiger partial charge in [-0.05, 0) is 73.9 Å². The van der Waals surface area contributed by atoms with E-state index in [9.17, 15) is 63.6 Å². The number of carboxylic acid groups (broad SMARTS) is 1. The van der Waals surface area contributed by atoms with E-state index in [-0.39, 0.29) is 115 Å². The molecule has 0 bridgehead atoms. The minimum absolute atomic E-state index is 0.0107. The monoisotopic (exact) mass is 1310 g/mol. The number of amides is 9. The summed E-state index contributed by atoms with van der Waals surface area (Å²) in [6.45, 7) is -2.72. The minimum atomic E-state index is -1.69. The van der Waals surface area contributed by atoms with Crippen molar-refractivity contribution in [3.05, 3.63) is 57.8 Å². The topological polar surface area (TPSA) is 544 Å². The van der Waals surface area contributed by atoms with Crippen molar-refractivity contribution in [3.8, 4) is 0 Å². The number of carbonyl (C=O) groups excluding carboxylic acids is 9. The van der Waals surface area contributed by atoms with Crippen LogP contribution in [-0.2, 0) is 67.3 Å². The standard InChI is InChI=1S/C58H89N19O14S/c59-38(15-6-18-66-56(60)61)48(83)72-39(16-7-19-67-57(62)63)51(86)77-29-36(80)24-45(77)54(89)76-28-35(79)23-43(76)50(85)69-26-46(81)71-41(25-37-14-9-21-92-37)49(84)73-42(31-78)52(87)75-27-33-11-5-4-10-32(33)22-44(75)53(88)74(34-12-2-1-3-13-34)30-47(82)70-40(55(90)91)17-8-20-68-58(64)65/h4-5,9-11,14,21,34-36,38-45,78-80H,1-3,6-8,12-13,15-20,22-31,59H2,(H,69,85)(H,70,82)(H,71,81)(H,72,83)(H,73,84)(H,90,91)(H4,60,61,66)(H4,62,63,67)(H4,64,65,68)/t35-,36-,38-,39+,40+,41+,42+,43+,44-,45+/m1/s1. The number of rotatable bonds is 32. The van der Waals surface area contributed by atoms with Gasteiger partial charge in [0.05, 0.1) is 37.9 Å². The second kappa shape index (κ2) is 35.2. The summed E-state index contributed by atoms with van der Waals surface area (Å²) in [4.78, 5) is 158. The van der Waals surface area contributed by atoms with E-state index >= 15 is 4.79 Å². The van der Waals surface area contributed by atoms with E-state index in [1.165, 1.54) is 21.1 Å². The van der Waals surface area contributed by atoms with Crippen molar-refractivity contribution >= 4 is 88.3 Å². The zero-order valence-corrected chi connectivity index (χ0v) is 52.1. The molecule has 0 radical (unpaired) electrons. The van der Waals surface area contributed by atoms with E-state index in [2.05, 4.69) is 41.6 Å². The normalized spacial score (nSPS) is 20.3. The number of nitrogens with zero attached hydrogens (tertiary/aromatic N) is 7. The molecule has 10 atom stereocenters. The summed E-state index contributed by atoms with van der Waals surface area (Å²) in [7, 11) is 0. The smallest absolute Gasteiger partial charge is 0.326 e. The number of fused-ring (bicyclic) bond motifs is 1. The number of hydrogen-bond donors (Lipinski definition) is 16. The number of aliphatic carboxylic acids is 1. The number of likely N-dealkylation sites (tertiary alicyclic amines) is 2. The molecule has 4 heterocycles. The highest BCUT2D eigenvalue weighted by Gasteiger charge is 2.48. The van der Waals surface area contributed by atoms with Crippen LogP contribution in [0.1, 0.15) is 99.5 Å². The van der Waals surface area contributed by atoms with Crippen LogP contribution < -0.4 is 66.7 Å². The van der Waals surface area contributed by atoms with Gasteiger partial charge in [-0.15, -0.1) is 11.3 Å². The first-order valence-corrected chi connectivity index (χ1v) is 31.6. The Balaban J connectivity index is 1.14. The van der Waals surface area contributed by atoms with Crippen LogP contribution in [0.25, 0.3) is 0 Å². The maximum atomic E-state index is 15.1. The molecule has 23 N–H and O–H groups in total. The van der Waals surface area contributed by atoms with Crippen molar-refractivity contribution in [2.45, 2.75) is 169 Å². The molecule has 33 nitrogen and oxygen atoms in total. The van der Waals surface area contributed by atoms with Crippen molar-refractivity contribution < 1.29 is 68.4 Å². The Labute approximate surface area is 535 Å². The zero-order valence-electron chi connectivity index (χ0n) is 51.3. The molecule has 2 saturated heterocycles. The van der Waals surface area contributed by atoms with Crippen molar-refractivity contribution in [1.29, 1.82) is 0 Å². The summed E-state index contributed by atoms with van der Waals surface area (Å²) >= 11 is 1.25. The van der Waals surface area contributed by atoms with Crippen LogP contribution in [0, 0.1) is 0 Å². The number of nitrogens with one attached hydrogen (secondary N) is 5. The van der Waals surface area contributed by atoms with Crippen molar-refractivity contribution in [1.82, 2.24) is 46.2 Å². The van der Waals surface area contributed by atoms with Gasteiger partial charge in [-0.25, -0.2) is 4.79 Å². The number of carboxylic acids is 1. The SMILES string of the molecule is NC(N)=NCCC[C@@H](N)C(=O)N[C@@H](CCCN=C(N)N)C(=O)N1C[C@H](O)C[C@H]1C(=O)N1C[C@H](O)C[C@H]1C(=O)NCC(=O)N[C@@H](Cc1cccs1)C(=O)N[C@@H](CO)C(=O)N1Cc2ccccc2C[C@@H]1C(=O)N(CC(=O)N[C@@H](CCCN=C(N)N)C(=O)O)C1CCCCC1. The van der Waals surface area contributed by atoms with Crippen LogP contribution in [0.2, 0.25) is 0 Å². The van der Waals surface area contributed by atoms with E-state index in [0.29, 0.717) is 29.7 Å². The molecule has 4 aliphatic rings. The van der Waals surface area contributed by atoms with Crippen molar-refractivity contribution in [3.63, 3.8) is 0 Å². The maximum Gasteiger partial charge on any atom is 0.326 e. The number of guanidine groups is 3. The molecule has 3 aliphatic heterocycles. The number of β-amino-alcohol motifs (C(OH)–C–C–N with tert-alkyl or cyclic N) is 2. The van der Waals surface area contributed by atoms with Crippen molar-refractivity contribution in [2.75, 3.05) is 52.4 Å². The highest BCUT2D eigenvalue weighted by atomic mass is 32.1. The van der Waals surface area contributed by atoms with E-state index in [1.54, 1.807) is 41.8 Å². The fourth-order valence-electron chi connectivity index (χ4n) is 11.8. The summed E-state index contributed by atoms with van der Waals surface area (Å²) in [5, 5.41) is 57.1. The Kier molecular flexibility index (Phi) is 27.7. The summed E-state index contributed by atoms with van der Waals surface area (Å²) in [6, 6.07) is -0.782. The Morgan fingerprint density at radius 2 is 1.20 bits per heavy atom. The number of hydrogen-bond acceptors (Lipinski definition) is 18. The highest BCUT2D eigenvalue weighted by Crippen LogP contribution is 2.30. The van der Waals surface area contributed by atoms with Gasteiger partial charge in [-0.3, -0.25) is 58.1 Å². The number of aliphatic hydroxyl groups excluding tert-OH is 3. The first kappa shape index (κ1) is 72.3. The lowest BCUT2D eigenvalue weighted by molar-refractivity contribution is -0.152. The second-order valence-electron chi connectivity index (χ2n) is 23.3. The highest BCUT2D eigenvalue weighted by molar-refractivity contribution is 7.09. The summed E-state index contributed by atoms with van der Waals surface area (Å²) in [5.41, 5.74) is 40.1. The Morgan fingerprint density at radius 1 is 0.630 bits per heavy atom. The lowest BCUT2D eigenvalue weighted by atomic mass is 9.90. The zero-order chi connectivity index (χ0) is 67.2. The molecule has 1 aliphatic carbocycles. The lowest BCUT2D eigenvalue weighted by Crippen LogP contribution is -2.62. The predicted octanol–water partition coefficient (Wildman–Crippen LogP) is -6.05. The van der Waals surface area contributed by atoms with Crippen LogP contribution in [-0.4, -0.2) is 236 Å². The van der Waals surface area contributed by atoms with E-state index in [0.717, 1.165) is 34.6 Å². The fraction of sp³-hybridized carbons (Fsp3) is 0.603. The number of aliphatic hydroxyl groups is 3. The number of carbonyl (C=O) groups is 10. The van der Waals surface area contributed by atoms with Gasteiger partial charge in [-0.2, -0.15) is 0 Å². The van der Waals surface area contributed by atoms with Gasteiger partial charge in [0, 0.05) is 75.9 Å². The van der Waals surface area contributed by atoms with Gasteiger partial charge in [0.15, 0.2) is 17.9 Å². The first-order chi connectivity index (χ1) is 43.8. The molecule has 9 amide bonds. The molecule has 2 aromatic rings. The minimum Gasteiger partial charge on any atom is -0.480 e. The third kappa shape index (κ3) is 21.2. The number of nitrogens with two attached hydrogens (primary N) is 7. The average molecular weight is 1310 g/mol. The molecule has 34 heteroatoms. The molecule has 3 fully saturated rings. The fourth-order valence-corrected chi connectivity index (χ4v) is 12.6. The van der Waals surface area contributed by atoms with Gasteiger partial charge < -0.3 is 107 Å². The van der Waals surface area contributed by atoms with Crippen LogP contribution in [0.3, 0.4) is 0 Å². The molecule has 1 aromatic heterocycles. The van der Waals surface area contributed by atoms with Crippen molar-refractivity contribution in [2.24, 2.45) is 55.1 Å². The second-order valence-corrected chi connectivity index (χ2v) is 24.4. The molecule has 6 rings (SSSR count). The Morgan fingerprint density at radius 3 is 1.79 bits per heavy atom. The molecule has 0 spiro atoms. The summed E-state index contributed by atoms with van der Waals surface area (Å²) < 4.78 is 0. The van der Waals surface area contributed by atoms with Crippen LogP contribution in [0.5, 0.6) is 0 Å². The van der Waals surface area contributed by atoms with Crippen LogP contribution >= 0.6 is 11.3 Å². The molecule has 0 unspecified atom stereocenters. The lowest BCUT2D eigenvalue weighted by Gasteiger charge is -2.42. The van der Waals surface area contributed by atoms with E-state index < -0.39 is 145 Å². The quantitative estimate of drug-likeness (QED) is 0.0184. The molecule has 1 aromatic carbocycles. The number of thiophene rings is 1. The van der Waals surface area contributed by atoms with Gasteiger partial charge in [0.25, 0.3) is 0 Å². The molecular weight excluding hydrogens is 1220 g/mol. The van der Waals surface area contributed by atoms with E-state index in [1.807, 2.05) is 0 Å². The number of aliphatic imine (C=N–C) groups is 3. The van der Waals surface area contributed by atoms with Crippen LogP contribution in [0.4, 0.5) is 0 Å². The number of benzene rings is 1. The molecular formula is C58H89N19O14S. The predicted molar refractivity (Wildman–Crippen MR) is 337 cm³/mol. The van der Waals surface area contributed by atoms with Crippen LogP contribution in [0.15, 0.2) is 56.8 Å². The first-order valence-electron chi connectivity index (χ1n) is 30.7. The third-order valence-corrected chi connectivity index (χ3v) is 17.3.